The van der Waals surface area contributed by atoms with E-state index in [0.29, 0.717) is 18.8 Å². The van der Waals surface area contributed by atoms with Crippen molar-refractivity contribution in [2.24, 2.45) is 0 Å². The molecule has 1 amide bonds. The van der Waals surface area contributed by atoms with Crippen molar-refractivity contribution in [3.05, 3.63) is 51.6 Å². The van der Waals surface area contributed by atoms with Crippen molar-refractivity contribution in [1.29, 1.82) is 0 Å². The van der Waals surface area contributed by atoms with Gasteiger partial charge in [0.25, 0.3) is 10.0 Å². The summed E-state index contributed by atoms with van der Waals surface area (Å²) in [6, 6.07) is 8.92. The lowest BCUT2D eigenvalue weighted by Crippen LogP contribution is -2.50. The molecule has 0 aliphatic carbocycles. The fourth-order valence-electron chi connectivity index (χ4n) is 3.34. The highest BCUT2D eigenvalue weighted by Crippen LogP contribution is 2.37. The summed E-state index contributed by atoms with van der Waals surface area (Å²) in [5.74, 6) is 0. The molecule has 1 saturated heterocycles. The molecule has 12 heteroatoms. The summed E-state index contributed by atoms with van der Waals surface area (Å²) < 4.78 is 74.4. The Balaban J connectivity index is 1.87. The minimum atomic E-state index is -4.64. The number of halogens is 4. The normalized spacial score (nSPS) is 15.3. The first-order chi connectivity index (χ1) is 15.7. The quantitative estimate of drug-likeness (QED) is 0.483. The van der Waals surface area contributed by atoms with Crippen LogP contribution in [0.2, 0.25) is 0 Å². The molecule has 0 aromatic heterocycles. The van der Waals surface area contributed by atoms with Crippen LogP contribution in [0.4, 0.5) is 29.3 Å². The first-order valence-corrected chi connectivity index (χ1v) is 12.9. The zero-order chi connectivity index (χ0) is 25.3. The molecule has 0 unspecified atom stereocenters. The Labute approximate surface area is 210 Å². The molecule has 0 radical (unpaired) electrons. The van der Waals surface area contributed by atoms with Gasteiger partial charge in [-0.1, -0.05) is 0 Å². The molecule has 3 rings (SSSR count). The largest absolute Gasteiger partial charge is 0.444 e. The molecule has 0 spiro atoms. The monoisotopic (exact) mass is 611 g/mol. The number of carbonyl (C=O) groups excluding carboxylic acids is 1. The van der Waals surface area contributed by atoms with E-state index in [4.69, 9.17) is 4.74 Å². The van der Waals surface area contributed by atoms with Gasteiger partial charge in [0.2, 0.25) is 0 Å². The van der Waals surface area contributed by atoms with E-state index in [0.717, 1.165) is 15.7 Å². The maximum Gasteiger partial charge on any atom is 0.416 e. The summed E-state index contributed by atoms with van der Waals surface area (Å²) in [7, 11) is -4.13. The summed E-state index contributed by atoms with van der Waals surface area (Å²) >= 11 is 2.03. The number of nitrogens with one attached hydrogen (secondary N) is 1. The van der Waals surface area contributed by atoms with E-state index in [1.807, 2.05) is 22.6 Å². The van der Waals surface area contributed by atoms with Crippen molar-refractivity contribution >= 4 is 50.1 Å². The molecule has 0 bridgehead atoms. The van der Waals surface area contributed by atoms with E-state index in [1.165, 1.54) is 23.1 Å². The maximum atomic E-state index is 13.4. The Hall–Kier alpha value is -2.22. The second-order valence-corrected chi connectivity index (χ2v) is 11.7. The molecule has 1 heterocycles. The molecule has 1 aliphatic rings. The van der Waals surface area contributed by atoms with E-state index in [9.17, 15) is 26.4 Å². The zero-order valence-corrected chi connectivity index (χ0v) is 21.8. The van der Waals surface area contributed by atoms with Crippen LogP contribution in [0.25, 0.3) is 0 Å². The smallest absolute Gasteiger partial charge is 0.416 e. The Morgan fingerprint density at radius 2 is 1.59 bits per heavy atom. The fourth-order valence-corrected chi connectivity index (χ4v) is 4.77. The molecule has 34 heavy (non-hydrogen) atoms. The fraction of sp³-hybridized carbons (Fsp3) is 0.409. The topological polar surface area (TPSA) is 79.0 Å². The minimum Gasteiger partial charge on any atom is -0.444 e. The molecule has 2 aromatic carbocycles. The first kappa shape index (κ1) is 26.4. The van der Waals surface area contributed by atoms with Gasteiger partial charge in [0, 0.05) is 29.7 Å². The summed E-state index contributed by atoms with van der Waals surface area (Å²) in [4.78, 5) is 15.5. The molecule has 1 aliphatic heterocycles. The number of rotatable bonds is 4. The van der Waals surface area contributed by atoms with Crippen molar-refractivity contribution in [3.8, 4) is 0 Å². The van der Waals surface area contributed by atoms with E-state index < -0.39 is 33.5 Å². The lowest BCUT2D eigenvalue weighted by atomic mass is 10.1. The van der Waals surface area contributed by atoms with Gasteiger partial charge in [-0.05, 0) is 85.8 Å². The molecule has 1 fully saturated rings. The van der Waals surface area contributed by atoms with Gasteiger partial charge < -0.3 is 14.5 Å². The highest BCUT2D eigenvalue weighted by atomic mass is 127. The van der Waals surface area contributed by atoms with Gasteiger partial charge in [0.05, 0.1) is 21.8 Å². The Morgan fingerprint density at radius 1 is 1.00 bits per heavy atom. The van der Waals surface area contributed by atoms with Crippen LogP contribution in [0.3, 0.4) is 0 Å². The summed E-state index contributed by atoms with van der Waals surface area (Å²) in [5, 5.41) is 0. The molecule has 186 valence electrons. The number of hydrogen-bond acceptors (Lipinski definition) is 5. The van der Waals surface area contributed by atoms with Gasteiger partial charge in [0.15, 0.2) is 0 Å². The van der Waals surface area contributed by atoms with Crippen LogP contribution in [0.15, 0.2) is 47.4 Å². The number of carbonyl (C=O) groups is 1. The van der Waals surface area contributed by atoms with Crippen molar-refractivity contribution in [3.63, 3.8) is 0 Å². The highest BCUT2D eigenvalue weighted by Gasteiger charge is 2.33. The Morgan fingerprint density at radius 3 is 2.12 bits per heavy atom. The van der Waals surface area contributed by atoms with Crippen LogP contribution < -0.4 is 9.62 Å². The number of alkyl halides is 3. The zero-order valence-electron chi connectivity index (χ0n) is 18.8. The first-order valence-electron chi connectivity index (χ1n) is 10.4. The molecule has 2 aromatic rings. The van der Waals surface area contributed by atoms with Gasteiger partial charge in [-0.25, -0.2) is 13.2 Å². The van der Waals surface area contributed by atoms with Crippen molar-refractivity contribution in [2.45, 2.75) is 37.4 Å². The number of amides is 1. The van der Waals surface area contributed by atoms with Crippen LogP contribution in [0.5, 0.6) is 0 Å². The minimum absolute atomic E-state index is 0.0639. The van der Waals surface area contributed by atoms with Crippen molar-refractivity contribution in [2.75, 3.05) is 35.8 Å². The van der Waals surface area contributed by atoms with E-state index >= 15 is 0 Å². The van der Waals surface area contributed by atoms with Crippen LogP contribution in [0.1, 0.15) is 26.3 Å². The molecule has 7 nitrogen and oxygen atoms in total. The summed E-state index contributed by atoms with van der Waals surface area (Å²) in [6.07, 6.45) is -5.11. The summed E-state index contributed by atoms with van der Waals surface area (Å²) in [5.41, 5.74) is -1.50. The lowest BCUT2D eigenvalue weighted by molar-refractivity contribution is -0.137. The Kier molecular flexibility index (Phi) is 7.60. The van der Waals surface area contributed by atoms with Crippen molar-refractivity contribution in [1.82, 2.24) is 4.90 Å². The van der Waals surface area contributed by atoms with Gasteiger partial charge >= 0.3 is 12.3 Å². The van der Waals surface area contributed by atoms with Crippen LogP contribution in [0, 0.1) is 3.57 Å². The number of hydrogen-bond donors (Lipinski definition) is 1. The third kappa shape index (κ3) is 6.68. The van der Waals surface area contributed by atoms with E-state index in [1.54, 1.807) is 37.8 Å². The third-order valence-electron chi connectivity index (χ3n) is 4.96. The van der Waals surface area contributed by atoms with E-state index in [-0.39, 0.29) is 23.7 Å². The van der Waals surface area contributed by atoms with E-state index in [2.05, 4.69) is 4.72 Å². The standard InChI is InChI=1S/C22H25F3IN3O4S/c1-21(2,3)33-20(30)29-12-10-28(11-13-29)19-9-4-15(22(23,24)25)14-18(19)27-34(31,32)17-7-5-16(26)6-8-17/h4-9,14,27H,10-13H2,1-3H3. The lowest BCUT2D eigenvalue weighted by Gasteiger charge is -2.37. The number of anilines is 2. The third-order valence-corrected chi connectivity index (χ3v) is 7.06. The number of nitrogens with zero attached hydrogens (tertiary/aromatic N) is 2. The number of piperazine rings is 1. The van der Waals surface area contributed by atoms with Gasteiger partial charge in [-0.15, -0.1) is 0 Å². The van der Waals surface area contributed by atoms with Crippen LogP contribution >= 0.6 is 22.6 Å². The SMILES string of the molecule is CC(C)(C)OC(=O)N1CCN(c2ccc(C(F)(F)F)cc2NS(=O)(=O)c2ccc(I)cc2)CC1. The second-order valence-electron chi connectivity index (χ2n) is 8.74. The average molecular weight is 611 g/mol. The van der Waals surface area contributed by atoms with Crippen LogP contribution in [-0.4, -0.2) is 51.2 Å². The molecule has 1 N–H and O–H groups in total. The molecular formula is C22H25F3IN3O4S. The predicted molar refractivity (Wildman–Crippen MR) is 131 cm³/mol. The second kappa shape index (κ2) is 9.80. The highest BCUT2D eigenvalue weighted by molar-refractivity contribution is 14.1. The van der Waals surface area contributed by atoms with Gasteiger partial charge in [-0.2, -0.15) is 13.2 Å². The Bertz CT molecular complexity index is 1140. The van der Waals surface area contributed by atoms with Gasteiger partial charge in [-0.3, -0.25) is 4.72 Å². The van der Waals surface area contributed by atoms with Crippen molar-refractivity contribution < 1.29 is 31.1 Å². The molecule has 0 atom stereocenters. The molecule has 0 saturated carbocycles. The number of benzene rings is 2. The number of ether oxygens (including phenoxy) is 1. The number of sulfonamides is 1. The van der Waals surface area contributed by atoms with Gasteiger partial charge in [0.1, 0.15) is 5.60 Å². The average Bonchev–Trinajstić information content (AvgIpc) is 2.72. The maximum absolute atomic E-state index is 13.4. The summed E-state index contributed by atoms with van der Waals surface area (Å²) in [6.45, 7) is 6.42. The predicted octanol–water partition coefficient (Wildman–Crippen LogP) is 5.17. The van der Waals surface area contributed by atoms with Crippen LogP contribution in [-0.2, 0) is 20.9 Å². The molecular weight excluding hydrogens is 586 g/mol.